The van der Waals surface area contributed by atoms with E-state index in [0.717, 1.165) is 0 Å². The fourth-order valence-corrected chi connectivity index (χ4v) is 0. The number of hydrogen-bond donors (Lipinski definition) is 2. The van der Waals surface area contributed by atoms with Gasteiger partial charge in [0.15, 0.2) is 0 Å². The van der Waals surface area contributed by atoms with Crippen LogP contribution in [-0.4, -0.2) is 47.7 Å². The maximum Gasteiger partial charge on any atom is 0.238 e. The molecule has 6 nitrogen and oxygen atoms in total. The fraction of sp³-hybridized carbons (Fsp3) is 1.00. The second-order valence-electron chi connectivity index (χ2n) is 1.54. The zero-order valence-corrected chi connectivity index (χ0v) is 8.41. The van der Waals surface area contributed by atoms with Crippen molar-refractivity contribution in [3.05, 3.63) is 0 Å². The largest absolute Gasteiger partial charge is 0.238 e. The summed E-state index contributed by atoms with van der Waals surface area (Å²) in [6.07, 6.45) is 0. The Balaban J connectivity index is -0.000000143. The van der Waals surface area contributed by atoms with Crippen molar-refractivity contribution >= 4 is 38.9 Å². The van der Waals surface area contributed by atoms with Gasteiger partial charge in [0.2, 0.25) is 32.1 Å². The van der Waals surface area contributed by atoms with Crippen molar-refractivity contribution < 1.29 is 25.6 Å². The van der Waals surface area contributed by atoms with Crippen molar-refractivity contribution in [2.45, 2.75) is 0 Å². The Hall–Kier alpha value is 0.277. The molecule has 0 aliphatic heterocycles. The quantitative estimate of drug-likeness (QED) is 0.537. The van der Waals surface area contributed by atoms with Gasteiger partial charge in [-0.2, -0.15) is 0 Å². The predicted molar refractivity (Wildman–Crippen MR) is 43.9 cm³/mol. The molecular formula is C2H8F2LiN2O4S2. The van der Waals surface area contributed by atoms with Gasteiger partial charge in [0.05, 0.1) is 0 Å². The summed E-state index contributed by atoms with van der Waals surface area (Å²) < 4.78 is 59.2. The van der Waals surface area contributed by atoms with E-state index in [0.29, 0.717) is 0 Å². The number of rotatable bonds is 2. The average molecular weight is 233 g/mol. The molecule has 0 unspecified atom stereocenters. The summed E-state index contributed by atoms with van der Waals surface area (Å²) in [7, 11) is -7.66. The molecule has 0 saturated heterocycles. The molecule has 0 spiro atoms. The summed E-state index contributed by atoms with van der Waals surface area (Å²) in [6, 6.07) is -2.96. The van der Waals surface area contributed by atoms with E-state index >= 15 is 0 Å². The van der Waals surface area contributed by atoms with Crippen molar-refractivity contribution in [2.24, 2.45) is 10.3 Å². The third-order valence-electron chi connectivity index (χ3n) is 0.304. The minimum atomic E-state index is -3.83. The van der Waals surface area contributed by atoms with E-state index in [1.165, 1.54) is 0 Å². The Morgan fingerprint density at radius 1 is 0.846 bits per heavy atom. The van der Waals surface area contributed by atoms with Gasteiger partial charge in [0, 0.05) is 18.9 Å². The molecule has 4 N–H and O–H groups in total. The van der Waals surface area contributed by atoms with Crippen LogP contribution in [0.5, 0.6) is 0 Å². The first-order valence-corrected chi connectivity index (χ1v) is 5.68. The molecule has 0 aliphatic carbocycles. The van der Waals surface area contributed by atoms with Crippen molar-refractivity contribution in [1.29, 1.82) is 0 Å². The Kier molecular flexibility index (Phi) is 11.2. The molecule has 0 saturated carbocycles. The van der Waals surface area contributed by atoms with E-state index < -0.39 is 32.1 Å². The van der Waals surface area contributed by atoms with Gasteiger partial charge < -0.3 is 0 Å². The van der Waals surface area contributed by atoms with E-state index in [-0.39, 0.29) is 18.9 Å². The number of sulfonamides is 2. The van der Waals surface area contributed by atoms with Gasteiger partial charge in [-0.05, 0) is 0 Å². The van der Waals surface area contributed by atoms with Gasteiger partial charge in [-0.1, -0.05) is 0 Å². The third-order valence-corrected chi connectivity index (χ3v) is 0.912. The normalized spacial score (nSPS) is 10.8. The number of primary sulfonamides is 2. The molecule has 0 aromatic rings. The van der Waals surface area contributed by atoms with Gasteiger partial charge in [-0.3, -0.25) is 0 Å². The van der Waals surface area contributed by atoms with Gasteiger partial charge in [0.1, 0.15) is 0 Å². The van der Waals surface area contributed by atoms with Crippen LogP contribution in [0.25, 0.3) is 0 Å². The minimum absolute atomic E-state index is 0. The number of halogens is 2. The molecule has 0 aromatic carbocycles. The van der Waals surface area contributed by atoms with Crippen molar-refractivity contribution in [3.63, 3.8) is 0 Å². The first-order valence-electron chi connectivity index (χ1n) is 2.25. The molecule has 0 rings (SSSR count). The molecular weight excluding hydrogens is 225 g/mol. The molecule has 0 heterocycles. The van der Waals surface area contributed by atoms with Crippen molar-refractivity contribution in [2.75, 3.05) is 12.0 Å². The zero-order chi connectivity index (χ0) is 10.4. The van der Waals surface area contributed by atoms with Gasteiger partial charge >= 0.3 is 0 Å². The van der Waals surface area contributed by atoms with Crippen LogP contribution in [-0.2, 0) is 20.0 Å². The van der Waals surface area contributed by atoms with Crippen molar-refractivity contribution in [1.82, 2.24) is 0 Å². The molecule has 0 bridgehead atoms. The van der Waals surface area contributed by atoms with E-state index in [2.05, 4.69) is 10.3 Å². The van der Waals surface area contributed by atoms with Gasteiger partial charge in [-0.15, -0.1) is 0 Å². The first-order chi connectivity index (χ1) is 5.12. The smallest absolute Gasteiger partial charge is 0.232 e. The van der Waals surface area contributed by atoms with Crippen LogP contribution >= 0.6 is 0 Å². The van der Waals surface area contributed by atoms with Crippen molar-refractivity contribution in [3.8, 4) is 0 Å². The standard InChI is InChI=1S/2CH4FNO2S.Li/c2*2-1-6(3,4)5;/h2*1H2,(H2,3,4,5);. The Labute approximate surface area is 86.9 Å². The van der Waals surface area contributed by atoms with E-state index in [9.17, 15) is 25.6 Å². The van der Waals surface area contributed by atoms with Crippen LogP contribution < -0.4 is 10.3 Å². The second kappa shape index (κ2) is 7.66. The van der Waals surface area contributed by atoms with Crippen LogP contribution in [0.4, 0.5) is 8.78 Å². The molecule has 0 amide bonds. The summed E-state index contributed by atoms with van der Waals surface area (Å²) in [4.78, 5) is 0. The number of nitrogens with two attached hydrogens (primary N) is 2. The molecule has 0 atom stereocenters. The van der Waals surface area contributed by atoms with E-state index in [1.54, 1.807) is 0 Å². The first kappa shape index (κ1) is 18.9. The SMILES string of the molecule is NS(=O)(=O)CF.NS(=O)(=O)CF.[Li]. The summed E-state index contributed by atoms with van der Waals surface area (Å²) in [5.41, 5.74) is 0. The molecule has 77 valence electrons. The maximum absolute atomic E-state index is 10.8. The maximum atomic E-state index is 10.8. The minimum Gasteiger partial charge on any atom is -0.232 e. The molecule has 0 aromatic heterocycles. The topological polar surface area (TPSA) is 120 Å². The molecule has 11 heteroatoms. The van der Waals surface area contributed by atoms with Crippen LogP contribution in [0.2, 0.25) is 0 Å². The molecule has 0 aliphatic rings. The van der Waals surface area contributed by atoms with Crippen LogP contribution in [0.1, 0.15) is 0 Å². The zero-order valence-electron chi connectivity index (χ0n) is 6.77. The summed E-state index contributed by atoms with van der Waals surface area (Å²) >= 11 is 0. The van der Waals surface area contributed by atoms with Crippen LogP contribution in [0.3, 0.4) is 0 Å². The van der Waals surface area contributed by atoms with Gasteiger partial charge in [-0.25, -0.2) is 35.9 Å². The number of alkyl halides is 2. The van der Waals surface area contributed by atoms with E-state index in [4.69, 9.17) is 0 Å². The Morgan fingerprint density at radius 3 is 0.923 bits per heavy atom. The average Bonchev–Trinajstić information content (AvgIpc) is 1.86. The Morgan fingerprint density at radius 2 is 0.923 bits per heavy atom. The second-order valence-corrected chi connectivity index (χ2v) is 4.63. The summed E-state index contributed by atoms with van der Waals surface area (Å²) in [5.74, 6) is 0. The molecule has 1 radical (unpaired) electrons. The summed E-state index contributed by atoms with van der Waals surface area (Å²) in [5, 5.41) is 8.26. The molecule has 0 fully saturated rings. The van der Waals surface area contributed by atoms with Crippen LogP contribution in [0.15, 0.2) is 0 Å². The number of hydrogen-bond acceptors (Lipinski definition) is 4. The predicted octanol–water partition coefficient (Wildman–Crippen LogP) is -1.98. The fourth-order valence-electron chi connectivity index (χ4n) is 0. The summed E-state index contributed by atoms with van der Waals surface area (Å²) in [6.45, 7) is 0. The van der Waals surface area contributed by atoms with Gasteiger partial charge in [0.25, 0.3) is 0 Å². The monoisotopic (exact) mass is 233 g/mol. The van der Waals surface area contributed by atoms with E-state index in [1.807, 2.05) is 0 Å². The van der Waals surface area contributed by atoms with Crippen LogP contribution in [0, 0.1) is 0 Å². The molecule has 13 heavy (non-hydrogen) atoms. The third kappa shape index (κ3) is 32.9. The Bertz CT molecular complexity index is 268.